The van der Waals surface area contributed by atoms with Gasteiger partial charge in [-0.25, -0.2) is 0 Å². The van der Waals surface area contributed by atoms with Crippen LogP contribution in [0.25, 0.3) is 0 Å². The zero-order valence-corrected chi connectivity index (χ0v) is 40.5. The molecule has 8 nitrogen and oxygen atoms in total. The van der Waals surface area contributed by atoms with E-state index in [2.05, 4.69) is 0 Å². The normalized spacial score (nSPS) is 14.4. The molecule has 0 aromatic heterocycles. The fraction of sp³-hybridized carbons (Fsp3) is 1.00. The lowest BCUT2D eigenvalue weighted by molar-refractivity contribution is -0.0442. The first-order chi connectivity index (χ1) is 24.0. The summed E-state index contributed by atoms with van der Waals surface area (Å²) in [5.74, 6) is 0.375. The minimum atomic E-state index is -1.31. The molecular formula is C36H84O8Si5. The molecule has 0 aliphatic heterocycles. The first kappa shape index (κ1) is 49.8. The highest BCUT2D eigenvalue weighted by atomic mass is 28.3. The van der Waals surface area contributed by atoms with Gasteiger partial charge in [-0.3, -0.25) is 0 Å². The molecule has 49 heavy (non-hydrogen) atoms. The number of ether oxygens (including phenoxy) is 8. The Morgan fingerprint density at radius 3 is 0.653 bits per heavy atom. The van der Waals surface area contributed by atoms with E-state index in [1.165, 1.54) is 127 Å². The molecular weight excluding hydrogens is 701 g/mol. The smallest absolute Gasteiger partial charge is 0.134 e. The van der Waals surface area contributed by atoms with E-state index in [0.29, 0.717) is 0 Å². The van der Waals surface area contributed by atoms with Crippen molar-refractivity contribution in [1.29, 1.82) is 0 Å². The highest BCUT2D eigenvalue weighted by Crippen LogP contribution is 2.35. The van der Waals surface area contributed by atoms with Gasteiger partial charge in [0.1, 0.15) is 23.7 Å². The third-order valence-electron chi connectivity index (χ3n) is 10.7. The largest absolute Gasteiger partial charge is 0.360 e. The summed E-state index contributed by atoms with van der Waals surface area (Å²) >= 11 is 0. The average Bonchev–Trinajstić information content (AvgIpc) is 3.13. The topological polar surface area (TPSA) is 73.8 Å². The van der Waals surface area contributed by atoms with Crippen molar-refractivity contribution in [2.75, 3.05) is 56.9 Å². The summed E-state index contributed by atoms with van der Waals surface area (Å²) in [6.45, 7) is 0. The Morgan fingerprint density at radius 1 is 0.286 bits per heavy atom. The molecule has 0 spiro atoms. The summed E-state index contributed by atoms with van der Waals surface area (Å²) in [5, 5.41) is 0. The maximum Gasteiger partial charge on any atom is 0.134 e. The van der Waals surface area contributed by atoms with Gasteiger partial charge in [0.05, 0.1) is 46.2 Å². The van der Waals surface area contributed by atoms with Crippen molar-refractivity contribution in [3.8, 4) is 0 Å². The van der Waals surface area contributed by atoms with Gasteiger partial charge in [0.25, 0.3) is 0 Å². The predicted molar refractivity (Wildman–Crippen MR) is 223 cm³/mol. The van der Waals surface area contributed by atoms with Crippen molar-refractivity contribution in [3.63, 3.8) is 0 Å². The molecule has 0 saturated carbocycles. The molecule has 0 aromatic rings. The van der Waals surface area contributed by atoms with Crippen LogP contribution in [0.4, 0.5) is 0 Å². The van der Waals surface area contributed by atoms with E-state index in [9.17, 15) is 0 Å². The number of hydrogen-bond acceptors (Lipinski definition) is 8. The van der Waals surface area contributed by atoms with Crippen LogP contribution in [0.3, 0.4) is 0 Å². The third-order valence-corrected chi connectivity index (χ3v) is 24.5. The second-order valence-electron chi connectivity index (χ2n) is 14.3. The zero-order valence-electron chi connectivity index (χ0n) is 33.9. The summed E-state index contributed by atoms with van der Waals surface area (Å²) < 4.78 is 43.7. The fourth-order valence-electron chi connectivity index (χ4n) is 7.44. The Bertz CT molecular complexity index is 547. The molecule has 0 atom stereocenters. The van der Waals surface area contributed by atoms with Crippen molar-refractivity contribution in [3.05, 3.63) is 0 Å². The monoisotopic (exact) mass is 785 g/mol. The Labute approximate surface area is 314 Å². The van der Waals surface area contributed by atoms with Gasteiger partial charge in [0.2, 0.25) is 0 Å². The van der Waals surface area contributed by atoms with Crippen molar-refractivity contribution in [1.82, 2.24) is 0 Å². The maximum atomic E-state index is 5.46. The standard InChI is InChI=1S/C36H84O8Si5/c1-37-33(38-2)45-25-17-9-13-21-29-49(30-22-14-10-18-26-46-34(39-3)40-4,31-23-15-11-19-27-47-35(41-5)42-6)32-24-16-12-20-28-48-36(43-7)44-8/h33-36H,9-32,45-48H2,1-8H3. The van der Waals surface area contributed by atoms with Gasteiger partial charge in [-0.05, 0) is 0 Å². The molecule has 0 aromatic carbocycles. The van der Waals surface area contributed by atoms with Crippen LogP contribution in [0.15, 0.2) is 0 Å². The molecule has 0 aliphatic rings. The molecule has 0 heterocycles. The molecule has 0 N–H and O–H groups in total. The number of rotatable bonds is 40. The highest BCUT2D eigenvalue weighted by molar-refractivity contribution is 6.79. The molecule has 13 heteroatoms. The number of hydrogen-bond donors (Lipinski definition) is 0. The van der Waals surface area contributed by atoms with Gasteiger partial charge in [-0.2, -0.15) is 0 Å². The van der Waals surface area contributed by atoms with Crippen molar-refractivity contribution in [2.45, 2.75) is 175 Å². The summed E-state index contributed by atoms with van der Waals surface area (Å²) in [5.41, 5.74) is 0. The predicted octanol–water partition coefficient (Wildman–Crippen LogP) is 6.33. The molecule has 296 valence electrons. The summed E-state index contributed by atoms with van der Waals surface area (Å²) in [6.07, 6.45) is 22.4. The Kier molecular flexibility index (Phi) is 37.7. The van der Waals surface area contributed by atoms with Gasteiger partial charge in [-0.15, -0.1) is 0 Å². The third kappa shape index (κ3) is 28.9. The molecule has 0 saturated heterocycles. The lowest BCUT2D eigenvalue weighted by atomic mass is 10.2. The average molecular weight is 785 g/mol. The Morgan fingerprint density at radius 2 is 0.469 bits per heavy atom. The van der Waals surface area contributed by atoms with Gasteiger partial charge < -0.3 is 37.9 Å². The number of methoxy groups -OCH3 is 8. The second-order valence-corrected chi connectivity index (χ2v) is 27.1. The zero-order chi connectivity index (χ0) is 36.3. The molecule has 0 unspecified atom stereocenters. The van der Waals surface area contributed by atoms with E-state index in [0.717, 1.165) is 0 Å². The van der Waals surface area contributed by atoms with Gasteiger partial charge in [0.15, 0.2) is 0 Å². The van der Waals surface area contributed by atoms with E-state index in [1.54, 1.807) is 81.1 Å². The molecule has 0 bridgehead atoms. The minimum Gasteiger partial charge on any atom is -0.360 e. The molecule has 0 radical (unpaired) electrons. The highest BCUT2D eigenvalue weighted by Gasteiger charge is 2.30. The number of unbranched alkanes of at least 4 members (excludes halogenated alkanes) is 12. The van der Waals surface area contributed by atoms with Crippen LogP contribution < -0.4 is 0 Å². The summed E-state index contributed by atoms with van der Waals surface area (Å²) in [4.78, 5) is 0. The van der Waals surface area contributed by atoms with Crippen LogP contribution in [0.1, 0.15) is 103 Å². The minimum absolute atomic E-state index is 0.0937. The SMILES string of the molecule is COC(OC)[SiH2]CCCCCC[Si](CCCCCC[SiH2]C(OC)OC)(CCCCCC[SiH2]C(OC)OC)CCCCCC[SiH2]C(OC)OC. The van der Waals surface area contributed by atoms with E-state index < -0.39 is 8.07 Å². The lowest BCUT2D eigenvalue weighted by Gasteiger charge is -2.33. The Balaban J connectivity index is 5.13. The summed E-state index contributed by atoms with van der Waals surface area (Å²) in [7, 11) is 11.8. The maximum absolute atomic E-state index is 5.46. The van der Waals surface area contributed by atoms with Crippen LogP contribution in [0.2, 0.25) is 48.4 Å². The lowest BCUT2D eigenvalue weighted by Crippen LogP contribution is -2.34. The van der Waals surface area contributed by atoms with Crippen LogP contribution in [0, 0.1) is 0 Å². The van der Waals surface area contributed by atoms with Crippen LogP contribution in [-0.4, -0.2) is 127 Å². The Hall–Kier alpha value is 0.764. The van der Waals surface area contributed by atoms with Crippen LogP contribution in [0.5, 0.6) is 0 Å². The first-order valence-corrected chi connectivity index (χ1v) is 30.3. The van der Waals surface area contributed by atoms with Gasteiger partial charge >= 0.3 is 0 Å². The van der Waals surface area contributed by atoms with E-state index in [1.807, 2.05) is 0 Å². The van der Waals surface area contributed by atoms with Crippen molar-refractivity contribution < 1.29 is 37.9 Å². The van der Waals surface area contributed by atoms with Crippen molar-refractivity contribution >= 4 is 46.2 Å². The van der Waals surface area contributed by atoms with Crippen LogP contribution in [-0.2, 0) is 37.9 Å². The molecule has 0 fully saturated rings. The molecule has 0 aliphatic carbocycles. The van der Waals surface area contributed by atoms with Gasteiger partial charge in [-0.1, -0.05) is 151 Å². The van der Waals surface area contributed by atoms with E-state index in [4.69, 9.17) is 37.9 Å². The van der Waals surface area contributed by atoms with Crippen molar-refractivity contribution in [2.24, 2.45) is 0 Å². The van der Waals surface area contributed by atoms with E-state index >= 15 is 0 Å². The summed E-state index contributed by atoms with van der Waals surface area (Å²) in [6, 6.07) is 11.6. The van der Waals surface area contributed by atoms with Crippen LogP contribution >= 0.6 is 0 Å². The fourth-order valence-corrected chi connectivity index (χ4v) is 18.7. The molecule has 0 rings (SSSR count). The first-order valence-electron chi connectivity index (χ1n) is 20.2. The quantitative estimate of drug-likeness (QED) is 0.0406. The van der Waals surface area contributed by atoms with Gasteiger partial charge in [0, 0.05) is 56.9 Å². The molecule has 0 amide bonds. The van der Waals surface area contributed by atoms with E-state index in [-0.39, 0.29) is 61.7 Å². The second kappa shape index (κ2) is 37.1.